The van der Waals surface area contributed by atoms with E-state index < -0.39 is 47.9 Å². The lowest BCUT2D eigenvalue weighted by Crippen LogP contribution is -2.56. The number of carbonyl (C=O) groups excluding carboxylic acids is 3. The fourth-order valence-corrected chi connectivity index (χ4v) is 3.58. The van der Waals surface area contributed by atoms with Crippen LogP contribution in [-0.2, 0) is 25.6 Å². The van der Waals surface area contributed by atoms with Gasteiger partial charge in [-0.25, -0.2) is 4.79 Å². The van der Waals surface area contributed by atoms with Crippen molar-refractivity contribution in [1.82, 2.24) is 16.0 Å². The molecule has 1 rings (SSSR count). The molecule has 0 aliphatic heterocycles. The summed E-state index contributed by atoms with van der Waals surface area (Å²) in [6.45, 7) is 5.18. The summed E-state index contributed by atoms with van der Waals surface area (Å²) in [5.41, 5.74) is 6.94. The zero-order chi connectivity index (χ0) is 25.0. The van der Waals surface area contributed by atoms with Gasteiger partial charge in [-0.2, -0.15) is 11.8 Å². The van der Waals surface area contributed by atoms with Crippen LogP contribution in [-0.4, -0.2) is 65.0 Å². The Morgan fingerprint density at radius 3 is 2.09 bits per heavy atom. The molecular formula is C23H36N4O5S. The number of nitrogens with two attached hydrogens (primary N) is 1. The maximum Gasteiger partial charge on any atom is 0.326 e. The summed E-state index contributed by atoms with van der Waals surface area (Å²) < 4.78 is 0. The van der Waals surface area contributed by atoms with E-state index in [9.17, 15) is 24.3 Å². The number of hydrogen-bond donors (Lipinski definition) is 5. The second-order valence-corrected chi connectivity index (χ2v) is 9.38. The summed E-state index contributed by atoms with van der Waals surface area (Å²) in [5.74, 6) is -2.03. The molecule has 1 aromatic carbocycles. The van der Waals surface area contributed by atoms with Crippen LogP contribution in [0.5, 0.6) is 0 Å². The molecule has 1 aromatic rings. The van der Waals surface area contributed by atoms with Crippen molar-refractivity contribution in [3.05, 3.63) is 35.9 Å². The van der Waals surface area contributed by atoms with Crippen molar-refractivity contribution in [1.29, 1.82) is 0 Å². The summed E-state index contributed by atoms with van der Waals surface area (Å²) in [6.07, 6.45) is 2.84. The van der Waals surface area contributed by atoms with Gasteiger partial charge in [-0.05, 0) is 49.7 Å². The first kappa shape index (κ1) is 28.4. The van der Waals surface area contributed by atoms with Gasteiger partial charge in [-0.3, -0.25) is 14.4 Å². The van der Waals surface area contributed by atoms with Crippen molar-refractivity contribution in [2.75, 3.05) is 12.0 Å². The normalized spacial score (nSPS) is 14.6. The first-order valence-electron chi connectivity index (χ1n) is 11.0. The molecular weight excluding hydrogens is 444 g/mol. The molecule has 0 spiro atoms. The molecule has 4 atom stereocenters. The van der Waals surface area contributed by atoms with E-state index >= 15 is 0 Å². The fourth-order valence-electron chi connectivity index (χ4n) is 3.11. The second kappa shape index (κ2) is 14.5. The standard InChI is InChI=1S/C23H36N4O5S/c1-14(2)12-19(23(31)32)27-20(28)15(3)25-22(30)18(10-11-33-4)26-21(29)17(24)13-16-8-6-5-7-9-16/h5-9,14-15,17-19H,10-13,24H2,1-4H3,(H,25,30)(H,26,29)(H,27,28)(H,31,32). The molecule has 0 fully saturated rings. The summed E-state index contributed by atoms with van der Waals surface area (Å²) in [4.78, 5) is 49.2. The smallest absolute Gasteiger partial charge is 0.326 e. The van der Waals surface area contributed by atoms with Crippen LogP contribution in [0.2, 0.25) is 0 Å². The topological polar surface area (TPSA) is 151 Å². The van der Waals surface area contributed by atoms with Crippen molar-refractivity contribution < 1.29 is 24.3 Å². The Bertz CT molecular complexity index is 790. The average molecular weight is 481 g/mol. The predicted octanol–water partition coefficient (Wildman–Crippen LogP) is 0.915. The zero-order valence-electron chi connectivity index (χ0n) is 19.7. The number of hydrogen-bond acceptors (Lipinski definition) is 6. The first-order valence-corrected chi connectivity index (χ1v) is 12.4. The van der Waals surface area contributed by atoms with E-state index in [2.05, 4.69) is 16.0 Å². The van der Waals surface area contributed by atoms with Crippen LogP contribution in [0.3, 0.4) is 0 Å². The minimum absolute atomic E-state index is 0.0718. The van der Waals surface area contributed by atoms with Crippen molar-refractivity contribution in [3.63, 3.8) is 0 Å². The number of carboxylic acid groups (broad SMARTS) is 1. The Morgan fingerprint density at radius 2 is 1.55 bits per heavy atom. The number of thioether (sulfide) groups is 1. The molecule has 4 unspecified atom stereocenters. The van der Waals surface area contributed by atoms with Crippen LogP contribution in [0.4, 0.5) is 0 Å². The maximum absolute atomic E-state index is 12.8. The van der Waals surface area contributed by atoms with Gasteiger partial charge in [-0.1, -0.05) is 44.2 Å². The number of benzene rings is 1. The molecule has 9 nitrogen and oxygen atoms in total. The molecule has 10 heteroatoms. The zero-order valence-corrected chi connectivity index (χ0v) is 20.5. The van der Waals surface area contributed by atoms with Gasteiger partial charge in [0.2, 0.25) is 17.7 Å². The van der Waals surface area contributed by atoms with Crippen molar-refractivity contribution in [3.8, 4) is 0 Å². The molecule has 6 N–H and O–H groups in total. The summed E-state index contributed by atoms with van der Waals surface area (Å²) in [7, 11) is 0. The van der Waals surface area contributed by atoms with Gasteiger partial charge >= 0.3 is 5.97 Å². The van der Waals surface area contributed by atoms with Gasteiger partial charge in [0.15, 0.2) is 0 Å². The van der Waals surface area contributed by atoms with Gasteiger partial charge in [0.1, 0.15) is 18.1 Å². The predicted molar refractivity (Wildman–Crippen MR) is 130 cm³/mol. The van der Waals surface area contributed by atoms with Crippen LogP contribution in [0.1, 0.15) is 39.2 Å². The Kier molecular flexibility index (Phi) is 12.5. The molecule has 0 saturated heterocycles. The molecule has 0 saturated carbocycles. The van der Waals surface area contributed by atoms with Gasteiger partial charge in [0.05, 0.1) is 6.04 Å². The van der Waals surface area contributed by atoms with Crippen molar-refractivity contribution in [2.24, 2.45) is 11.7 Å². The van der Waals surface area contributed by atoms with Crippen LogP contribution in [0.15, 0.2) is 30.3 Å². The quantitative estimate of drug-likeness (QED) is 0.266. The number of rotatable bonds is 14. The molecule has 0 bridgehead atoms. The lowest BCUT2D eigenvalue weighted by molar-refractivity contribution is -0.142. The van der Waals surface area contributed by atoms with Crippen LogP contribution in [0.25, 0.3) is 0 Å². The largest absolute Gasteiger partial charge is 0.480 e. The highest BCUT2D eigenvalue weighted by Crippen LogP contribution is 2.07. The third kappa shape index (κ3) is 10.7. The van der Waals surface area contributed by atoms with E-state index in [1.54, 1.807) is 0 Å². The molecule has 0 radical (unpaired) electrons. The minimum Gasteiger partial charge on any atom is -0.480 e. The third-order valence-electron chi connectivity index (χ3n) is 4.95. The Balaban J connectivity index is 2.73. The van der Waals surface area contributed by atoms with E-state index in [0.717, 1.165) is 5.56 Å². The second-order valence-electron chi connectivity index (χ2n) is 8.40. The highest BCUT2D eigenvalue weighted by atomic mass is 32.2. The summed E-state index contributed by atoms with van der Waals surface area (Å²) in [6, 6.07) is 5.62. The number of amides is 3. The highest BCUT2D eigenvalue weighted by molar-refractivity contribution is 7.98. The maximum atomic E-state index is 12.8. The van der Waals surface area contributed by atoms with E-state index in [1.807, 2.05) is 50.4 Å². The van der Waals surface area contributed by atoms with Crippen LogP contribution >= 0.6 is 11.8 Å². The SMILES string of the molecule is CSCCC(NC(=O)C(N)Cc1ccccc1)C(=O)NC(C)C(=O)NC(CC(C)C)C(=O)O. The Labute approximate surface area is 199 Å². The molecule has 184 valence electrons. The monoisotopic (exact) mass is 480 g/mol. The van der Waals surface area contributed by atoms with Crippen LogP contribution in [0, 0.1) is 5.92 Å². The van der Waals surface area contributed by atoms with Gasteiger partial charge < -0.3 is 26.8 Å². The molecule has 33 heavy (non-hydrogen) atoms. The summed E-state index contributed by atoms with van der Waals surface area (Å²) >= 11 is 1.52. The highest BCUT2D eigenvalue weighted by Gasteiger charge is 2.28. The first-order chi connectivity index (χ1) is 15.5. The number of carbonyl (C=O) groups is 4. The number of aliphatic carboxylic acids is 1. The fraction of sp³-hybridized carbons (Fsp3) is 0.565. The average Bonchev–Trinajstić information content (AvgIpc) is 2.75. The minimum atomic E-state index is -1.13. The third-order valence-corrected chi connectivity index (χ3v) is 5.60. The van der Waals surface area contributed by atoms with E-state index in [0.29, 0.717) is 18.6 Å². The Hall–Kier alpha value is -2.59. The number of carboxylic acids is 1. The van der Waals surface area contributed by atoms with Gasteiger partial charge in [0, 0.05) is 0 Å². The molecule has 3 amide bonds. The van der Waals surface area contributed by atoms with Crippen molar-refractivity contribution in [2.45, 2.75) is 64.2 Å². The molecule has 0 aliphatic rings. The molecule has 0 heterocycles. The molecule has 0 aliphatic carbocycles. The van der Waals surface area contributed by atoms with E-state index in [1.165, 1.54) is 18.7 Å². The van der Waals surface area contributed by atoms with E-state index in [4.69, 9.17) is 5.73 Å². The number of nitrogens with one attached hydrogen (secondary N) is 3. The van der Waals surface area contributed by atoms with Gasteiger partial charge in [-0.15, -0.1) is 0 Å². The lowest BCUT2D eigenvalue weighted by atomic mass is 10.0. The van der Waals surface area contributed by atoms with E-state index in [-0.39, 0.29) is 12.3 Å². The Morgan fingerprint density at radius 1 is 0.939 bits per heavy atom. The molecule has 0 aromatic heterocycles. The summed E-state index contributed by atoms with van der Waals surface area (Å²) in [5, 5.41) is 17.0. The van der Waals surface area contributed by atoms with Crippen molar-refractivity contribution >= 4 is 35.5 Å². The van der Waals surface area contributed by atoms with Gasteiger partial charge in [0.25, 0.3) is 0 Å². The lowest BCUT2D eigenvalue weighted by Gasteiger charge is -2.24. The van der Waals surface area contributed by atoms with Crippen LogP contribution < -0.4 is 21.7 Å².